The second-order valence-corrected chi connectivity index (χ2v) is 11.2. The van der Waals surface area contributed by atoms with Crippen LogP contribution >= 0.6 is 0 Å². The van der Waals surface area contributed by atoms with Gasteiger partial charge in [0, 0.05) is 25.2 Å². The first-order chi connectivity index (χ1) is 17.4. The minimum Gasteiger partial charge on any atom is -0.497 e. The van der Waals surface area contributed by atoms with Gasteiger partial charge in [0.25, 0.3) is 5.91 Å². The number of methoxy groups -OCH3 is 1. The summed E-state index contributed by atoms with van der Waals surface area (Å²) < 4.78 is 36.8. The number of carbonyl (C=O) groups is 2. The van der Waals surface area contributed by atoms with Gasteiger partial charge in [-0.3, -0.25) is 4.79 Å². The Morgan fingerprint density at radius 1 is 1.24 bits per heavy atom. The molecule has 0 aromatic heterocycles. The first kappa shape index (κ1) is 28.2. The first-order valence-corrected chi connectivity index (χ1v) is 13.6. The zero-order valence-corrected chi connectivity index (χ0v) is 22.4. The molecule has 3 N–H and O–H groups in total. The zero-order chi connectivity index (χ0) is 27.3. The lowest BCUT2D eigenvalue weighted by molar-refractivity contribution is 0.0389. The monoisotopic (exact) mass is 534 g/mol. The lowest BCUT2D eigenvalue weighted by atomic mass is 9.99. The number of likely N-dealkylation sites (N-methyl/N-ethyl adjacent to an activating group) is 1. The van der Waals surface area contributed by atoms with Gasteiger partial charge in [0.1, 0.15) is 11.9 Å². The quantitative estimate of drug-likeness (QED) is 0.473. The number of urea groups is 1. The van der Waals surface area contributed by atoms with Crippen molar-refractivity contribution in [3.05, 3.63) is 48.0 Å². The molecule has 11 nitrogen and oxygen atoms in total. The number of aliphatic hydroxyl groups excluding tert-OH is 1. The molecule has 0 radical (unpaired) electrons. The van der Waals surface area contributed by atoms with Crippen LogP contribution < -0.4 is 20.1 Å². The summed E-state index contributed by atoms with van der Waals surface area (Å²) >= 11 is 0. The van der Waals surface area contributed by atoms with Crippen molar-refractivity contribution in [2.75, 3.05) is 50.7 Å². The van der Waals surface area contributed by atoms with E-state index in [0.717, 1.165) is 6.26 Å². The Morgan fingerprint density at radius 2 is 1.92 bits per heavy atom. The van der Waals surface area contributed by atoms with Crippen LogP contribution in [0.3, 0.4) is 0 Å². The third-order valence-corrected chi connectivity index (χ3v) is 7.57. The molecular formula is C25H34N4O7S. The molecule has 3 atom stereocenters. The number of sulfonamides is 1. The van der Waals surface area contributed by atoms with E-state index in [2.05, 4.69) is 10.6 Å². The smallest absolute Gasteiger partial charge is 0.323 e. The predicted octanol–water partition coefficient (Wildman–Crippen LogP) is 2.45. The Kier molecular flexibility index (Phi) is 9.00. The van der Waals surface area contributed by atoms with Gasteiger partial charge in [-0.1, -0.05) is 13.0 Å². The molecule has 0 aliphatic carbocycles. The summed E-state index contributed by atoms with van der Waals surface area (Å²) in [6.07, 6.45) is 0.460. The van der Waals surface area contributed by atoms with Crippen molar-refractivity contribution in [3.63, 3.8) is 0 Å². The summed E-state index contributed by atoms with van der Waals surface area (Å²) in [4.78, 5) is 27.9. The number of aliphatic hydroxyl groups is 1. The lowest BCUT2D eigenvalue weighted by Crippen LogP contribution is -2.50. The molecule has 0 saturated carbocycles. The van der Waals surface area contributed by atoms with E-state index in [1.165, 1.54) is 11.4 Å². The van der Waals surface area contributed by atoms with Gasteiger partial charge < -0.3 is 30.1 Å². The van der Waals surface area contributed by atoms with Crippen LogP contribution in [0.2, 0.25) is 0 Å². The molecule has 12 heteroatoms. The summed E-state index contributed by atoms with van der Waals surface area (Å²) in [6.45, 7) is 3.61. The molecule has 2 aromatic carbocycles. The van der Waals surface area contributed by atoms with Crippen LogP contribution in [0.5, 0.6) is 11.5 Å². The van der Waals surface area contributed by atoms with E-state index in [9.17, 15) is 23.1 Å². The highest BCUT2D eigenvalue weighted by Crippen LogP contribution is 2.35. The maximum absolute atomic E-state index is 13.5. The van der Waals surface area contributed by atoms with Crippen LogP contribution in [-0.2, 0) is 10.0 Å². The molecule has 37 heavy (non-hydrogen) atoms. The molecule has 3 rings (SSSR count). The van der Waals surface area contributed by atoms with Crippen molar-refractivity contribution in [1.29, 1.82) is 0 Å². The fourth-order valence-electron chi connectivity index (χ4n) is 3.91. The molecule has 0 fully saturated rings. The second-order valence-electron chi connectivity index (χ2n) is 9.16. The highest BCUT2D eigenvalue weighted by atomic mass is 32.2. The maximum Gasteiger partial charge on any atom is 0.323 e. The number of nitrogens with one attached hydrogen (secondary N) is 2. The Hall–Kier alpha value is -3.35. The summed E-state index contributed by atoms with van der Waals surface area (Å²) in [6, 6.07) is 10.5. The molecule has 202 valence electrons. The lowest BCUT2D eigenvalue weighted by Gasteiger charge is -2.38. The number of ether oxygens (including phenoxy) is 2. The number of anilines is 2. The van der Waals surface area contributed by atoms with Gasteiger partial charge in [0.15, 0.2) is 5.75 Å². The van der Waals surface area contributed by atoms with E-state index in [1.54, 1.807) is 61.4 Å². The van der Waals surface area contributed by atoms with Gasteiger partial charge >= 0.3 is 6.03 Å². The van der Waals surface area contributed by atoms with Crippen molar-refractivity contribution in [1.82, 2.24) is 9.21 Å². The normalized spacial score (nSPS) is 18.8. The molecule has 1 aliphatic heterocycles. The van der Waals surface area contributed by atoms with Crippen LogP contribution in [0.15, 0.2) is 42.5 Å². The van der Waals surface area contributed by atoms with E-state index in [1.807, 2.05) is 6.92 Å². The average molecular weight is 535 g/mol. The Bertz CT molecular complexity index is 1220. The fourth-order valence-corrected chi connectivity index (χ4v) is 4.33. The summed E-state index contributed by atoms with van der Waals surface area (Å²) in [5.41, 5.74) is 0.967. The standard InChI is InChI=1S/C25H34N4O7S/c1-16-13-29(17(2)15-30)24(31)20-7-6-8-21(23(20)36-22(16)14-28(3)37(5,33)34)27-25(32)26-18-9-11-19(35-4)12-10-18/h6-12,16-17,22,30H,13-15H2,1-5H3,(H2,26,27,32)/t16-,17+,22+/m0/s1. The molecule has 3 amide bonds. The maximum atomic E-state index is 13.5. The molecule has 0 unspecified atom stereocenters. The number of benzene rings is 2. The Balaban J connectivity index is 1.97. The van der Waals surface area contributed by atoms with Gasteiger partial charge in [-0.2, -0.15) is 0 Å². The molecule has 0 bridgehead atoms. The van der Waals surface area contributed by atoms with E-state index >= 15 is 0 Å². The second kappa shape index (κ2) is 11.8. The van der Waals surface area contributed by atoms with Crippen LogP contribution in [0.1, 0.15) is 24.2 Å². The number of rotatable bonds is 8. The zero-order valence-electron chi connectivity index (χ0n) is 21.6. The van der Waals surface area contributed by atoms with Crippen LogP contribution in [-0.4, -0.2) is 86.9 Å². The Morgan fingerprint density at radius 3 is 2.51 bits per heavy atom. The van der Waals surface area contributed by atoms with Crippen LogP contribution in [0.25, 0.3) is 0 Å². The van der Waals surface area contributed by atoms with Gasteiger partial charge in [-0.25, -0.2) is 17.5 Å². The molecule has 0 saturated heterocycles. The molecule has 1 aliphatic rings. The van der Waals surface area contributed by atoms with Crippen molar-refractivity contribution in [3.8, 4) is 11.5 Å². The SMILES string of the molecule is COc1ccc(NC(=O)Nc2cccc3c2O[C@H](CN(C)S(C)(=O)=O)[C@@H](C)CN([C@H](C)CO)C3=O)cc1. The number of nitrogens with zero attached hydrogens (tertiary/aromatic N) is 2. The van der Waals surface area contributed by atoms with Gasteiger partial charge in [0.2, 0.25) is 10.0 Å². The van der Waals surface area contributed by atoms with Gasteiger partial charge in [-0.05, 0) is 43.3 Å². The van der Waals surface area contributed by atoms with Crippen molar-refractivity contribution < 1.29 is 32.6 Å². The highest BCUT2D eigenvalue weighted by molar-refractivity contribution is 7.88. The number of carbonyl (C=O) groups excluding carboxylic acids is 2. The van der Waals surface area contributed by atoms with Crippen molar-refractivity contribution in [2.24, 2.45) is 5.92 Å². The largest absolute Gasteiger partial charge is 0.497 e. The van der Waals surface area contributed by atoms with Gasteiger partial charge in [0.05, 0.1) is 43.8 Å². The summed E-state index contributed by atoms with van der Waals surface area (Å²) in [7, 11) is -0.493. The minimum atomic E-state index is -3.49. The topological polar surface area (TPSA) is 138 Å². The molecule has 1 heterocycles. The molecule has 0 spiro atoms. The number of hydrogen-bond acceptors (Lipinski definition) is 7. The fraction of sp³-hybridized carbons (Fsp3) is 0.440. The summed E-state index contributed by atoms with van der Waals surface area (Å²) in [5, 5.41) is 15.2. The number of hydrogen-bond donors (Lipinski definition) is 3. The van der Waals surface area contributed by atoms with Gasteiger partial charge in [-0.15, -0.1) is 0 Å². The predicted molar refractivity (Wildman–Crippen MR) is 141 cm³/mol. The summed E-state index contributed by atoms with van der Waals surface area (Å²) in [5.74, 6) is 0.114. The number of para-hydroxylation sites is 1. The third-order valence-electron chi connectivity index (χ3n) is 6.29. The van der Waals surface area contributed by atoms with Crippen molar-refractivity contribution in [2.45, 2.75) is 26.0 Å². The molecule has 2 aromatic rings. The van der Waals surface area contributed by atoms with E-state index in [0.29, 0.717) is 11.4 Å². The minimum absolute atomic E-state index is 0.0291. The number of amides is 3. The van der Waals surface area contributed by atoms with E-state index in [4.69, 9.17) is 9.47 Å². The first-order valence-electron chi connectivity index (χ1n) is 11.8. The van der Waals surface area contributed by atoms with E-state index in [-0.39, 0.29) is 48.5 Å². The van der Waals surface area contributed by atoms with E-state index < -0.39 is 28.2 Å². The van der Waals surface area contributed by atoms with Crippen LogP contribution in [0, 0.1) is 5.92 Å². The third kappa shape index (κ3) is 6.90. The average Bonchev–Trinajstić information content (AvgIpc) is 2.85. The highest BCUT2D eigenvalue weighted by Gasteiger charge is 2.35. The van der Waals surface area contributed by atoms with Crippen molar-refractivity contribution >= 4 is 33.3 Å². The Labute approximate surface area is 217 Å². The van der Waals surface area contributed by atoms with Crippen LogP contribution in [0.4, 0.5) is 16.2 Å². The number of fused-ring (bicyclic) bond motifs is 1. The molecular weight excluding hydrogens is 500 g/mol.